The molecule has 4 aliphatic rings. The maximum absolute atomic E-state index is 6.72. The first-order valence-corrected chi connectivity index (χ1v) is 18.2. The van der Waals surface area contributed by atoms with Crippen molar-refractivity contribution in [1.29, 1.82) is 0 Å². The number of fused-ring (bicyclic) bond motifs is 3. The van der Waals surface area contributed by atoms with Gasteiger partial charge in [0.25, 0.3) is 0 Å². The molecular formula is C50H32N2O. The third kappa shape index (κ3) is 4.82. The van der Waals surface area contributed by atoms with Crippen molar-refractivity contribution in [2.24, 2.45) is 5.92 Å². The Morgan fingerprint density at radius 2 is 1.26 bits per heavy atom. The molecule has 0 N–H and O–H groups in total. The highest BCUT2D eigenvalue weighted by atomic mass is 16.3. The van der Waals surface area contributed by atoms with Gasteiger partial charge in [-0.2, -0.15) is 0 Å². The van der Waals surface area contributed by atoms with Crippen LogP contribution in [0.2, 0.25) is 0 Å². The molecule has 2 aromatic heterocycles. The van der Waals surface area contributed by atoms with Gasteiger partial charge in [0.05, 0.1) is 11.4 Å². The molecule has 0 bridgehead atoms. The molecule has 7 aromatic rings. The molecule has 0 saturated heterocycles. The van der Waals surface area contributed by atoms with Gasteiger partial charge in [0.15, 0.2) is 5.82 Å². The summed E-state index contributed by atoms with van der Waals surface area (Å²) in [7, 11) is 0. The maximum Gasteiger partial charge on any atom is 0.161 e. The standard InChI is InChI=1S/C50H32N2O/c1-3-10-33(11-4-1)43-30-44(34-12-5-2-6-13-34)52-50(51-43)42-29-28-39(49-48(42)41-16-7-8-17-45(41)53-49)32-20-18-31(19-21-32)38-26-24-37-23-22-35-14-9-15-36-25-27-40(38)47(37)46(35)36/h1-13,15-30,47H,14H2. The van der Waals surface area contributed by atoms with Crippen LogP contribution in [0.4, 0.5) is 0 Å². The number of para-hydroxylation sites is 1. The molecule has 0 amide bonds. The van der Waals surface area contributed by atoms with Gasteiger partial charge in [0.1, 0.15) is 11.2 Å². The zero-order chi connectivity index (χ0) is 34.9. The average molecular weight is 677 g/mol. The summed E-state index contributed by atoms with van der Waals surface area (Å²) in [5.74, 6) is 0.968. The summed E-state index contributed by atoms with van der Waals surface area (Å²) in [4.78, 5) is 10.4. The number of hydrogen-bond acceptors (Lipinski definition) is 3. The summed E-state index contributed by atoms with van der Waals surface area (Å²) in [5, 5.41) is 2.07. The Morgan fingerprint density at radius 1 is 0.566 bits per heavy atom. The zero-order valence-electron chi connectivity index (χ0n) is 28.8. The Morgan fingerprint density at radius 3 is 2.04 bits per heavy atom. The first-order valence-electron chi connectivity index (χ1n) is 18.2. The number of benzene rings is 5. The van der Waals surface area contributed by atoms with Gasteiger partial charge in [-0.15, -0.1) is 0 Å². The zero-order valence-corrected chi connectivity index (χ0v) is 28.8. The van der Waals surface area contributed by atoms with Crippen LogP contribution in [0.15, 0.2) is 208 Å². The molecule has 4 aliphatic carbocycles. The van der Waals surface area contributed by atoms with Gasteiger partial charge >= 0.3 is 0 Å². The molecule has 0 radical (unpaired) electrons. The van der Waals surface area contributed by atoms with Crippen LogP contribution < -0.4 is 0 Å². The fraction of sp³-hybridized carbons (Fsp3) is 0.0400. The van der Waals surface area contributed by atoms with Gasteiger partial charge in [0, 0.05) is 38.9 Å². The molecule has 53 heavy (non-hydrogen) atoms. The van der Waals surface area contributed by atoms with E-state index in [4.69, 9.17) is 14.4 Å². The van der Waals surface area contributed by atoms with Crippen molar-refractivity contribution in [1.82, 2.24) is 9.97 Å². The minimum Gasteiger partial charge on any atom is -0.455 e. The highest BCUT2D eigenvalue weighted by Crippen LogP contribution is 2.50. The molecule has 0 spiro atoms. The monoisotopic (exact) mass is 676 g/mol. The lowest BCUT2D eigenvalue weighted by atomic mass is 9.67. The van der Waals surface area contributed by atoms with Gasteiger partial charge in [-0.1, -0.05) is 152 Å². The number of furan rings is 1. The van der Waals surface area contributed by atoms with Crippen LogP contribution in [0, 0.1) is 5.92 Å². The van der Waals surface area contributed by atoms with E-state index in [2.05, 4.69) is 127 Å². The predicted octanol–water partition coefficient (Wildman–Crippen LogP) is 12.7. The van der Waals surface area contributed by atoms with Crippen molar-refractivity contribution >= 4 is 27.5 Å². The molecule has 0 saturated carbocycles. The van der Waals surface area contributed by atoms with Crippen LogP contribution in [0.5, 0.6) is 0 Å². The Balaban J connectivity index is 1.04. The second-order valence-electron chi connectivity index (χ2n) is 14.0. The minimum absolute atomic E-state index is 0.298. The van der Waals surface area contributed by atoms with Gasteiger partial charge in [-0.25, -0.2) is 9.97 Å². The first kappa shape index (κ1) is 29.8. The molecule has 1 atom stereocenters. The Bertz CT molecular complexity index is 2820. The molecule has 0 aliphatic heterocycles. The minimum atomic E-state index is 0.298. The number of rotatable bonds is 5. The van der Waals surface area contributed by atoms with Gasteiger partial charge in [-0.3, -0.25) is 0 Å². The van der Waals surface area contributed by atoms with Crippen molar-refractivity contribution in [2.75, 3.05) is 0 Å². The largest absolute Gasteiger partial charge is 0.455 e. The van der Waals surface area contributed by atoms with Crippen LogP contribution in [0.1, 0.15) is 12.0 Å². The van der Waals surface area contributed by atoms with Crippen molar-refractivity contribution in [3.8, 4) is 45.0 Å². The summed E-state index contributed by atoms with van der Waals surface area (Å²) >= 11 is 0. The maximum atomic E-state index is 6.72. The molecule has 3 heteroatoms. The van der Waals surface area contributed by atoms with Crippen molar-refractivity contribution in [3.05, 3.63) is 209 Å². The third-order valence-corrected chi connectivity index (χ3v) is 11.0. The van der Waals surface area contributed by atoms with E-state index in [0.29, 0.717) is 11.7 Å². The second kappa shape index (κ2) is 11.9. The molecule has 3 nitrogen and oxygen atoms in total. The summed E-state index contributed by atoms with van der Waals surface area (Å²) in [6.07, 6.45) is 19.4. The Kier molecular flexibility index (Phi) is 6.68. The van der Waals surface area contributed by atoms with Gasteiger partial charge in [-0.05, 0) is 75.3 Å². The summed E-state index contributed by atoms with van der Waals surface area (Å²) < 4.78 is 6.72. The highest BCUT2D eigenvalue weighted by Gasteiger charge is 2.34. The fourth-order valence-corrected chi connectivity index (χ4v) is 8.51. The van der Waals surface area contributed by atoms with Crippen LogP contribution >= 0.6 is 0 Å². The van der Waals surface area contributed by atoms with E-state index in [9.17, 15) is 0 Å². The molecule has 11 rings (SSSR count). The highest BCUT2D eigenvalue weighted by molar-refractivity contribution is 6.15. The molecule has 5 aromatic carbocycles. The van der Waals surface area contributed by atoms with Crippen LogP contribution in [-0.4, -0.2) is 9.97 Å². The molecule has 0 fully saturated rings. The molecular weight excluding hydrogens is 645 g/mol. The lowest BCUT2D eigenvalue weighted by Gasteiger charge is -2.36. The van der Waals surface area contributed by atoms with E-state index < -0.39 is 0 Å². The van der Waals surface area contributed by atoms with Crippen molar-refractivity contribution in [2.45, 2.75) is 6.42 Å². The molecule has 1 unspecified atom stereocenters. The topological polar surface area (TPSA) is 38.9 Å². The number of allylic oxidation sites excluding steroid dienone is 14. The van der Waals surface area contributed by atoms with Gasteiger partial charge in [0.2, 0.25) is 0 Å². The smallest absolute Gasteiger partial charge is 0.161 e. The number of nitrogens with zero attached hydrogens (tertiary/aromatic N) is 2. The second-order valence-corrected chi connectivity index (χ2v) is 14.0. The van der Waals surface area contributed by atoms with E-state index in [1.807, 2.05) is 48.5 Å². The predicted molar refractivity (Wildman–Crippen MR) is 217 cm³/mol. The Labute approximate surface area is 307 Å². The quantitative estimate of drug-likeness (QED) is 0.182. The van der Waals surface area contributed by atoms with Crippen LogP contribution in [0.3, 0.4) is 0 Å². The summed E-state index contributed by atoms with van der Waals surface area (Å²) in [5.41, 5.74) is 18.1. The van der Waals surface area contributed by atoms with E-state index in [-0.39, 0.29) is 0 Å². The Hall–Kier alpha value is -6.84. The fourth-order valence-electron chi connectivity index (χ4n) is 8.51. The average Bonchev–Trinajstić information content (AvgIpc) is 3.63. The van der Waals surface area contributed by atoms with Crippen molar-refractivity contribution in [3.63, 3.8) is 0 Å². The summed E-state index contributed by atoms with van der Waals surface area (Å²) in [6, 6.07) is 44.3. The van der Waals surface area contributed by atoms with Crippen LogP contribution in [0.25, 0.3) is 72.5 Å². The van der Waals surface area contributed by atoms with E-state index in [1.165, 1.54) is 39.0 Å². The summed E-state index contributed by atoms with van der Waals surface area (Å²) in [6.45, 7) is 0. The molecule has 248 valence electrons. The van der Waals surface area contributed by atoms with Crippen molar-refractivity contribution < 1.29 is 4.42 Å². The van der Waals surface area contributed by atoms with E-state index >= 15 is 0 Å². The third-order valence-electron chi connectivity index (χ3n) is 11.0. The lowest BCUT2D eigenvalue weighted by Crippen LogP contribution is -2.21. The number of aromatic nitrogens is 2. The SMILES string of the molecule is C1=CC2=C3C(=CC=C4C=CC(c5ccc(-c6ccc(-c7nc(-c8ccccc8)cc(-c8ccccc8)n7)c7c6oc6ccccc67)cc5)=C(C=C2)C43)C1. The lowest BCUT2D eigenvalue weighted by molar-refractivity contribution is 0.670. The normalized spacial score (nSPS) is 17.0. The van der Waals surface area contributed by atoms with E-state index in [0.717, 1.165) is 67.6 Å². The van der Waals surface area contributed by atoms with Crippen LogP contribution in [-0.2, 0) is 0 Å². The first-order chi connectivity index (χ1) is 26.3. The van der Waals surface area contributed by atoms with E-state index in [1.54, 1.807) is 0 Å². The molecule has 2 heterocycles. The number of hydrogen-bond donors (Lipinski definition) is 0. The van der Waals surface area contributed by atoms with Gasteiger partial charge < -0.3 is 4.42 Å².